The molecular formula is C20H26N6O3S. The first kappa shape index (κ1) is 20.5. The van der Waals surface area contributed by atoms with Crippen molar-refractivity contribution in [3.05, 3.63) is 35.7 Å². The second kappa shape index (κ2) is 8.19. The van der Waals surface area contributed by atoms with E-state index in [2.05, 4.69) is 25.5 Å². The molecule has 0 saturated carbocycles. The number of piperazine rings is 1. The first-order valence-electron chi connectivity index (χ1n) is 10.1. The van der Waals surface area contributed by atoms with Gasteiger partial charge in [-0.05, 0) is 44.0 Å². The molecule has 3 heterocycles. The Bertz CT molecular complexity index is 1060. The first-order chi connectivity index (χ1) is 14.4. The molecule has 2 aliphatic heterocycles. The predicted molar refractivity (Wildman–Crippen MR) is 115 cm³/mol. The Kier molecular flexibility index (Phi) is 5.61. The molecule has 1 amide bonds. The van der Waals surface area contributed by atoms with Crippen LogP contribution >= 0.6 is 0 Å². The topological polar surface area (TPSA) is 108 Å². The van der Waals surface area contributed by atoms with Crippen LogP contribution in [0.15, 0.2) is 29.2 Å². The number of benzene rings is 1. The van der Waals surface area contributed by atoms with Crippen LogP contribution < -0.4 is 15.5 Å². The number of hydrogen-bond donors (Lipinski definition) is 2. The number of amides is 1. The van der Waals surface area contributed by atoms with Gasteiger partial charge in [0.05, 0.1) is 4.90 Å². The third kappa shape index (κ3) is 4.10. The molecule has 1 saturated heterocycles. The zero-order chi connectivity index (χ0) is 21.3. The number of carbonyl (C=O) groups excluding carboxylic acids is 1. The first-order valence-corrected chi connectivity index (χ1v) is 11.6. The second-order valence-electron chi connectivity index (χ2n) is 7.45. The van der Waals surface area contributed by atoms with E-state index in [-0.39, 0.29) is 10.8 Å². The molecule has 2 N–H and O–H groups in total. The average molecular weight is 431 g/mol. The van der Waals surface area contributed by atoms with E-state index in [1.165, 1.54) is 4.31 Å². The van der Waals surface area contributed by atoms with E-state index in [1.807, 2.05) is 19.9 Å². The summed E-state index contributed by atoms with van der Waals surface area (Å²) in [6, 6.07) is 6.84. The van der Waals surface area contributed by atoms with E-state index in [4.69, 9.17) is 0 Å². The number of aromatic nitrogens is 2. The molecule has 0 spiro atoms. The summed E-state index contributed by atoms with van der Waals surface area (Å²) < 4.78 is 27.8. The van der Waals surface area contributed by atoms with Crippen LogP contribution in [0.4, 0.5) is 17.3 Å². The summed E-state index contributed by atoms with van der Waals surface area (Å²) in [4.78, 5) is 22.8. The van der Waals surface area contributed by atoms with Crippen LogP contribution in [0.5, 0.6) is 0 Å². The Morgan fingerprint density at radius 3 is 2.60 bits per heavy atom. The molecule has 0 aliphatic carbocycles. The Morgan fingerprint density at radius 2 is 1.87 bits per heavy atom. The van der Waals surface area contributed by atoms with Crippen LogP contribution in [-0.2, 0) is 21.2 Å². The zero-order valence-electron chi connectivity index (χ0n) is 17.2. The summed E-state index contributed by atoms with van der Waals surface area (Å²) in [6.45, 7) is 6.52. The highest BCUT2D eigenvalue weighted by Crippen LogP contribution is 2.28. The number of carbonyl (C=O) groups is 1. The van der Waals surface area contributed by atoms with Gasteiger partial charge < -0.3 is 15.5 Å². The second-order valence-corrected chi connectivity index (χ2v) is 9.39. The van der Waals surface area contributed by atoms with Crippen molar-refractivity contribution in [1.29, 1.82) is 0 Å². The highest BCUT2D eigenvalue weighted by molar-refractivity contribution is 7.89. The van der Waals surface area contributed by atoms with Gasteiger partial charge in [-0.15, -0.1) is 0 Å². The smallest absolute Gasteiger partial charge is 0.243 e. The van der Waals surface area contributed by atoms with Crippen LogP contribution in [0.3, 0.4) is 0 Å². The third-order valence-corrected chi connectivity index (χ3v) is 7.25. The van der Waals surface area contributed by atoms with Crippen molar-refractivity contribution in [3.8, 4) is 0 Å². The van der Waals surface area contributed by atoms with E-state index >= 15 is 0 Å². The number of fused-ring (bicyclic) bond motifs is 1. The SMILES string of the molecule is CCNc1cc(N2CCN(S(=O)(=O)c3ccc4c(c3)CCC(=O)N4)CC2)nc(C)n1. The number of nitrogens with one attached hydrogen (secondary N) is 2. The number of hydrogen-bond acceptors (Lipinski definition) is 7. The fraction of sp³-hybridized carbons (Fsp3) is 0.450. The van der Waals surface area contributed by atoms with Gasteiger partial charge >= 0.3 is 0 Å². The van der Waals surface area contributed by atoms with Crippen LogP contribution in [0.2, 0.25) is 0 Å². The molecule has 30 heavy (non-hydrogen) atoms. The maximum absolute atomic E-state index is 13.2. The summed E-state index contributed by atoms with van der Waals surface area (Å²) in [5, 5.41) is 5.99. The van der Waals surface area contributed by atoms with E-state index in [9.17, 15) is 13.2 Å². The van der Waals surface area contributed by atoms with Crippen molar-refractivity contribution in [2.24, 2.45) is 0 Å². The fourth-order valence-corrected chi connectivity index (χ4v) is 5.29. The van der Waals surface area contributed by atoms with Gasteiger partial charge in [-0.3, -0.25) is 4.79 Å². The van der Waals surface area contributed by atoms with Crippen molar-refractivity contribution < 1.29 is 13.2 Å². The van der Waals surface area contributed by atoms with Gasteiger partial charge in [-0.2, -0.15) is 4.31 Å². The minimum Gasteiger partial charge on any atom is -0.370 e. The summed E-state index contributed by atoms with van der Waals surface area (Å²) in [5.41, 5.74) is 1.56. The molecule has 4 rings (SSSR count). The minimum absolute atomic E-state index is 0.0357. The molecule has 0 radical (unpaired) electrons. The van der Waals surface area contributed by atoms with Gasteiger partial charge in [0.1, 0.15) is 17.5 Å². The monoisotopic (exact) mass is 430 g/mol. The zero-order valence-corrected chi connectivity index (χ0v) is 18.0. The van der Waals surface area contributed by atoms with Crippen molar-refractivity contribution >= 4 is 33.3 Å². The molecule has 2 aliphatic rings. The van der Waals surface area contributed by atoms with Crippen molar-refractivity contribution in [2.75, 3.05) is 48.3 Å². The summed E-state index contributed by atoms with van der Waals surface area (Å²) in [5.74, 6) is 2.22. The number of rotatable bonds is 5. The van der Waals surface area contributed by atoms with Gasteiger partial charge in [-0.25, -0.2) is 18.4 Å². The Labute approximate surface area is 176 Å². The Balaban J connectivity index is 1.48. The fourth-order valence-electron chi connectivity index (χ4n) is 3.81. The number of sulfonamides is 1. The molecule has 2 aromatic rings. The van der Waals surface area contributed by atoms with Gasteiger partial charge in [0, 0.05) is 50.9 Å². The van der Waals surface area contributed by atoms with Crippen molar-refractivity contribution in [3.63, 3.8) is 0 Å². The summed E-state index contributed by atoms with van der Waals surface area (Å²) in [6.07, 6.45) is 0.932. The maximum atomic E-state index is 13.2. The van der Waals surface area contributed by atoms with Crippen LogP contribution in [-0.4, -0.2) is 61.3 Å². The third-order valence-electron chi connectivity index (χ3n) is 5.35. The molecule has 0 bridgehead atoms. The molecule has 0 atom stereocenters. The summed E-state index contributed by atoms with van der Waals surface area (Å²) in [7, 11) is -3.59. The van der Waals surface area contributed by atoms with Gasteiger partial charge in [0.2, 0.25) is 15.9 Å². The molecule has 1 aromatic carbocycles. The number of nitrogens with zero attached hydrogens (tertiary/aromatic N) is 4. The highest BCUT2D eigenvalue weighted by Gasteiger charge is 2.30. The van der Waals surface area contributed by atoms with E-state index in [1.54, 1.807) is 18.2 Å². The van der Waals surface area contributed by atoms with E-state index < -0.39 is 10.0 Å². The van der Waals surface area contributed by atoms with Crippen LogP contribution in [0.25, 0.3) is 0 Å². The lowest BCUT2D eigenvalue weighted by Gasteiger charge is -2.35. The molecule has 9 nitrogen and oxygen atoms in total. The largest absolute Gasteiger partial charge is 0.370 e. The van der Waals surface area contributed by atoms with Crippen molar-refractivity contribution in [2.45, 2.75) is 31.6 Å². The molecule has 0 unspecified atom stereocenters. The lowest BCUT2D eigenvalue weighted by molar-refractivity contribution is -0.116. The maximum Gasteiger partial charge on any atom is 0.243 e. The minimum atomic E-state index is -3.59. The van der Waals surface area contributed by atoms with Gasteiger partial charge in [0.25, 0.3) is 0 Å². The molecular weight excluding hydrogens is 404 g/mol. The standard InChI is InChI=1S/C20H26N6O3S/c1-3-21-18-13-19(23-14(2)22-18)25-8-10-26(11-9-25)30(28,29)16-5-6-17-15(12-16)4-7-20(27)24-17/h5-6,12-13H,3-4,7-11H2,1-2H3,(H,24,27)(H,21,22,23). The normalized spacial score (nSPS) is 17.4. The van der Waals surface area contributed by atoms with E-state index in [0.717, 1.165) is 23.7 Å². The van der Waals surface area contributed by atoms with Crippen LogP contribution in [0, 0.1) is 6.92 Å². The van der Waals surface area contributed by atoms with Gasteiger partial charge in [0.15, 0.2) is 0 Å². The Morgan fingerprint density at radius 1 is 1.10 bits per heavy atom. The van der Waals surface area contributed by atoms with Gasteiger partial charge in [-0.1, -0.05) is 0 Å². The average Bonchev–Trinajstić information content (AvgIpc) is 2.73. The molecule has 1 fully saturated rings. The number of anilines is 3. The summed E-state index contributed by atoms with van der Waals surface area (Å²) >= 11 is 0. The predicted octanol–water partition coefficient (Wildman–Crippen LogP) is 1.61. The van der Waals surface area contributed by atoms with Crippen LogP contribution in [0.1, 0.15) is 24.7 Å². The molecule has 10 heteroatoms. The number of aryl methyl sites for hydroxylation is 2. The highest BCUT2D eigenvalue weighted by atomic mass is 32.2. The quantitative estimate of drug-likeness (QED) is 0.742. The van der Waals surface area contributed by atoms with E-state index in [0.29, 0.717) is 50.5 Å². The van der Waals surface area contributed by atoms with Crippen molar-refractivity contribution in [1.82, 2.24) is 14.3 Å². The lowest BCUT2D eigenvalue weighted by Crippen LogP contribution is -2.49. The molecule has 1 aromatic heterocycles. The molecule has 160 valence electrons. The Hall–Kier alpha value is -2.72. The lowest BCUT2D eigenvalue weighted by atomic mass is 10.0.